The van der Waals surface area contributed by atoms with Gasteiger partial charge in [-0.05, 0) is 66.9 Å². The lowest BCUT2D eigenvalue weighted by molar-refractivity contribution is -0.334. The molecule has 51 heavy (non-hydrogen) atoms. The van der Waals surface area contributed by atoms with Gasteiger partial charge in [0, 0.05) is 38.3 Å². The Morgan fingerprint density at radius 3 is 2.08 bits per heavy atom. The third-order valence-electron chi connectivity index (χ3n) is 9.34. The maximum atomic E-state index is 12.5. The molecule has 1 unspecified atom stereocenters. The summed E-state index contributed by atoms with van der Waals surface area (Å²) in [7, 11) is -1.93. The molecule has 14 heteroatoms. The van der Waals surface area contributed by atoms with Crippen molar-refractivity contribution in [3.05, 3.63) is 64.2 Å². The number of halogens is 1. The summed E-state index contributed by atoms with van der Waals surface area (Å²) in [6.45, 7) is 17.5. The molecule has 280 valence electrons. The highest BCUT2D eigenvalue weighted by atomic mass is 35.5. The van der Waals surface area contributed by atoms with E-state index in [1.54, 1.807) is 18.2 Å². The monoisotopic (exact) mass is 748 g/mol. The molecule has 0 amide bonds. The quantitative estimate of drug-likeness (QED) is 0.134. The average Bonchev–Trinajstić information content (AvgIpc) is 3.38. The summed E-state index contributed by atoms with van der Waals surface area (Å²) in [6.07, 6.45) is -3.88. The maximum absolute atomic E-state index is 12.5. The van der Waals surface area contributed by atoms with Crippen LogP contribution in [0.1, 0.15) is 72.1 Å². The zero-order valence-electron chi connectivity index (χ0n) is 31.0. The summed E-state index contributed by atoms with van der Waals surface area (Å²) in [5.74, 6) is -4.01. The minimum atomic E-state index is -1.93. The lowest BCUT2D eigenvalue weighted by Crippen LogP contribution is -2.68. The van der Waals surface area contributed by atoms with E-state index >= 15 is 0 Å². The van der Waals surface area contributed by atoms with Gasteiger partial charge >= 0.3 is 23.9 Å². The molecule has 0 saturated carbocycles. The van der Waals surface area contributed by atoms with Crippen LogP contribution in [0.5, 0.6) is 5.75 Å². The van der Waals surface area contributed by atoms with Crippen molar-refractivity contribution >= 4 is 43.8 Å². The molecule has 2 heterocycles. The van der Waals surface area contributed by atoms with E-state index in [0.29, 0.717) is 34.9 Å². The Balaban J connectivity index is 1.64. The molecular weight excluding hydrogens is 700 g/mol. The zero-order chi connectivity index (χ0) is 37.9. The van der Waals surface area contributed by atoms with Gasteiger partial charge in [0.2, 0.25) is 11.9 Å². The third-order valence-corrected chi connectivity index (χ3v) is 14.3. The first-order valence-electron chi connectivity index (χ1n) is 16.9. The summed E-state index contributed by atoms with van der Waals surface area (Å²) in [4.78, 5) is 49.1. The Labute approximate surface area is 305 Å². The van der Waals surface area contributed by atoms with Gasteiger partial charge in [0.1, 0.15) is 19.0 Å². The highest BCUT2D eigenvalue weighted by Gasteiger charge is 2.72. The first-order valence-corrected chi connectivity index (χ1v) is 20.1. The van der Waals surface area contributed by atoms with E-state index in [-0.39, 0.29) is 17.7 Å². The van der Waals surface area contributed by atoms with Crippen LogP contribution in [0.15, 0.2) is 42.5 Å². The summed E-state index contributed by atoms with van der Waals surface area (Å²) in [5.41, 5.74) is 0.365. The lowest BCUT2D eigenvalue weighted by atomic mass is 9.83. The van der Waals surface area contributed by atoms with Crippen molar-refractivity contribution in [2.24, 2.45) is 0 Å². The molecule has 0 radical (unpaired) electrons. The number of carbonyl (C=O) groups is 4. The van der Waals surface area contributed by atoms with Crippen molar-refractivity contribution in [3.63, 3.8) is 0 Å². The Kier molecular flexibility index (Phi) is 12.3. The molecule has 2 aromatic carbocycles. The van der Waals surface area contributed by atoms with Gasteiger partial charge in [0.05, 0.1) is 12.7 Å². The van der Waals surface area contributed by atoms with Crippen LogP contribution in [0.4, 0.5) is 0 Å². The molecule has 2 fully saturated rings. The molecule has 6 atom stereocenters. The molecule has 4 rings (SSSR count). The fourth-order valence-electron chi connectivity index (χ4n) is 6.00. The zero-order valence-corrected chi connectivity index (χ0v) is 32.7. The second kappa shape index (κ2) is 15.6. The van der Waals surface area contributed by atoms with Gasteiger partial charge in [-0.15, -0.1) is 0 Å². The topological polar surface area (TPSA) is 142 Å². The van der Waals surface area contributed by atoms with E-state index in [1.807, 2.05) is 31.2 Å². The molecule has 0 spiro atoms. The summed E-state index contributed by atoms with van der Waals surface area (Å²) < 4.78 is 47.8. The Hall–Kier alpha value is -3.49. The van der Waals surface area contributed by atoms with Gasteiger partial charge < -0.3 is 37.6 Å². The second-order valence-corrected chi connectivity index (χ2v) is 19.8. The Bertz CT molecular complexity index is 1610. The first-order chi connectivity index (χ1) is 23.7. The van der Waals surface area contributed by atoms with Crippen molar-refractivity contribution in [1.82, 2.24) is 0 Å². The van der Waals surface area contributed by atoms with Crippen molar-refractivity contribution in [1.29, 1.82) is 0 Å². The number of hydrogen-bond donors (Lipinski definition) is 0. The maximum Gasteiger partial charge on any atom is 0.303 e. The highest BCUT2D eigenvalue weighted by molar-refractivity contribution is 6.74. The molecule has 12 nitrogen and oxygen atoms in total. The van der Waals surface area contributed by atoms with E-state index < -0.39 is 68.5 Å². The lowest BCUT2D eigenvalue weighted by Gasteiger charge is -2.49. The van der Waals surface area contributed by atoms with Crippen LogP contribution < -0.4 is 4.74 Å². The van der Waals surface area contributed by atoms with Gasteiger partial charge in [0.25, 0.3) is 0 Å². The predicted octanol–water partition coefficient (Wildman–Crippen LogP) is 6.03. The van der Waals surface area contributed by atoms with E-state index in [4.69, 9.17) is 49.2 Å². The molecule has 2 aliphatic heterocycles. The smallest absolute Gasteiger partial charge is 0.303 e. The van der Waals surface area contributed by atoms with E-state index in [2.05, 4.69) is 33.9 Å². The van der Waals surface area contributed by atoms with Crippen LogP contribution in [-0.2, 0) is 64.2 Å². The number of rotatable bonds is 13. The Morgan fingerprint density at radius 2 is 1.51 bits per heavy atom. The number of ether oxygens (including phenoxy) is 7. The van der Waals surface area contributed by atoms with Crippen LogP contribution in [-0.4, -0.2) is 82.0 Å². The average molecular weight is 749 g/mol. The number of esters is 4. The second-order valence-electron chi connectivity index (χ2n) is 14.7. The van der Waals surface area contributed by atoms with Gasteiger partial charge in [-0.3, -0.25) is 19.2 Å². The fourth-order valence-corrected chi connectivity index (χ4v) is 7.61. The van der Waals surface area contributed by atoms with Gasteiger partial charge in [-0.1, -0.05) is 50.6 Å². The summed E-state index contributed by atoms with van der Waals surface area (Å²) in [6, 6.07) is 12.7. The molecule has 2 saturated heterocycles. The standard InChI is InChI=1S/C37H49ClO12Si/c1-22(49-51(9,10)35(6,7)8)19-43-30-14-11-27(12-15-30)17-28-18-29(13-16-31(28)38)37-34(48-26(5)42)32(46-24(3)40)33(47-25(4)41)36(50-37,21-45-37)20-44-23(2)39/h11-16,18,22,32-34H,17,19-21H2,1-10H3/t22?,32-,33-,34+,36-,37-/m0/s1. The minimum absolute atomic E-state index is 0.0698. The minimum Gasteiger partial charge on any atom is -0.491 e. The summed E-state index contributed by atoms with van der Waals surface area (Å²) in [5, 5.41) is 0.546. The molecular formula is C37H49ClO12Si. The van der Waals surface area contributed by atoms with Crippen LogP contribution in [0, 0.1) is 0 Å². The molecule has 0 N–H and O–H groups in total. The van der Waals surface area contributed by atoms with Crippen LogP contribution in [0.3, 0.4) is 0 Å². The van der Waals surface area contributed by atoms with Crippen molar-refractivity contribution in [3.8, 4) is 5.75 Å². The number of hydrogen-bond acceptors (Lipinski definition) is 12. The fraction of sp³-hybridized carbons (Fsp3) is 0.568. The van der Waals surface area contributed by atoms with E-state index in [9.17, 15) is 19.2 Å². The molecule has 0 aromatic heterocycles. The largest absolute Gasteiger partial charge is 0.491 e. The van der Waals surface area contributed by atoms with E-state index in [0.717, 1.165) is 12.5 Å². The van der Waals surface area contributed by atoms with Crippen molar-refractivity contribution in [2.75, 3.05) is 19.8 Å². The summed E-state index contributed by atoms with van der Waals surface area (Å²) >= 11 is 6.71. The van der Waals surface area contributed by atoms with Gasteiger partial charge in [-0.2, -0.15) is 0 Å². The van der Waals surface area contributed by atoms with Crippen molar-refractivity contribution < 1.29 is 56.8 Å². The highest BCUT2D eigenvalue weighted by Crippen LogP contribution is 2.53. The van der Waals surface area contributed by atoms with Gasteiger partial charge in [-0.25, -0.2) is 0 Å². The van der Waals surface area contributed by atoms with E-state index in [1.165, 1.54) is 20.8 Å². The first kappa shape index (κ1) is 40.3. The Morgan fingerprint density at radius 1 is 0.902 bits per heavy atom. The van der Waals surface area contributed by atoms with Crippen LogP contribution >= 0.6 is 11.6 Å². The SMILES string of the molecule is CC(=O)OC[C@@]12CO[C@@](c3ccc(Cl)c(Cc4ccc(OCC(C)O[Si](C)(C)C(C)(C)C)cc4)c3)(O1)[C@H](OC(C)=O)[C@@H](OC(C)=O)[C@@H]2OC(C)=O. The predicted molar refractivity (Wildman–Crippen MR) is 189 cm³/mol. The molecule has 0 aliphatic carbocycles. The molecule has 2 aromatic rings. The third kappa shape index (κ3) is 9.30. The number of carbonyl (C=O) groups excluding carboxylic acids is 4. The molecule has 2 aliphatic rings. The van der Waals surface area contributed by atoms with Gasteiger partial charge in [0.15, 0.2) is 26.1 Å². The van der Waals surface area contributed by atoms with Crippen molar-refractivity contribution in [2.45, 2.75) is 116 Å². The van der Waals surface area contributed by atoms with Crippen LogP contribution in [0.25, 0.3) is 0 Å². The van der Waals surface area contributed by atoms with Crippen LogP contribution in [0.2, 0.25) is 23.2 Å². The molecule has 2 bridgehead atoms. The number of benzene rings is 2. The number of fused-ring (bicyclic) bond motifs is 2. The normalized spacial score (nSPS) is 25.0.